The van der Waals surface area contributed by atoms with Gasteiger partial charge in [0, 0.05) is 6.04 Å². The van der Waals surface area contributed by atoms with Crippen LogP contribution in [0.1, 0.15) is 6.92 Å². The first-order valence-electron chi connectivity index (χ1n) is 3.90. The molecule has 0 radical (unpaired) electrons. The highest BCUT2D eigenvalue weighted by Gasteiger charge is 2.29. The molecule has 68 valence electrons. The molecule has 0 amide bonds. The molecule has 4 N–H and O–H groups in total. The maximum atomic E-state index is 3.32. The zero-order valence-corrected chi connectivity index (χ0v) is 10.1. The summed E-state index contributed by atoms with van der Waals surface area (Å²) in [4.78, 5) is 3.32. The lowest BCUT2D eigenvalue weighted by molar-refractivity contribution is 0.210. The van der Waals surface area contributed by atoms with Gasteiger partial charge in [-0.05, 0) is 28.1 Å². The molecule has 0 rings (SSSR count). The van der Waals surface area contributed by atoms with E-state index in [2.05, 4.69) is 27.9 Å². The van der Waals surface area contributed by atoms with E-state index < -0.39 is 0 Å². The quantitative estimate of drug-likeness (QED) is 0.278. The lowest BCUT2D eigenvalue weighted by atomic mass is 10.2. The number of hydrogen-bond donors (Lipinski definition) is 4. The third-order valence-corrected chi connectivity index (χ3v) is 3.05. The van der Waals surface area contributed by atoms with Gasteiger partial charge in [-0.15, -0.1) is 0 Å². The van der Waals surface area contributed by atoms with E-state index in [1.54, 1.807) is 0 Å². The predicted octanol–water partition coefficient (Wildman–Crippen LogP) is -2.44. The van der Waals surface area contributed by atoms with Crippen LogP contribution in [-0.2, 0) is 0 Å². The summed E-state index contributed by atoms with van der Waals surface area (Å²) in [6.45, 7) is 2.12. The highest BCUT2D eigenvalue weighted by Crippen LogP contribution is 1.98. The van der Waals surface area contributed by atoms with Crippen LogP contribution in [0.4, 0.5) is 0 Å². The SMILES string of the molecule is CNC(C)C(NC)(NC)N[SiH3]. The summed E-state index contributed by atoms with van der Waals surface area (Å²) in [6, 6.07) is 0.343. The molecule has 0 aromatic rings. The Balaban J connectivity index is 4.26. The van der Waals surface area contributed by atoms with Gasteiger partial charge in [-0.1, -0.05) is 0 Å². The second kappa shape index (κ2) is 4.84. The van der Waals surface area contributed by atoms with Gasteiger partial charge in [0.25, 0.3) is 0 Å². The minimum atomic E-state index is -0.166. The molecule has 0 saturated carbocycles. The van der Waals surface area contributed by atoms with Crippen molar-refractivity contribution in [2.24, 2.45) is 0 Å². The molecule has 0 aliphatic carbocycles. The van der Waals surface area contributed by atoms with Crippen LogP contribution < -0.4 is 20.9 Å². The van der Waals surface area contributed by atoms with E-state index in [1.165, 1.54) is 0 Å². The van der Waals surface area contributed by atoms with Crippen molar-refractivity contribution in [3.8, 4) is 0 Å². The van der Waals surface area contributed by atoms with Gasteiger partial charge in [-0.25, -0.2) is 0 Å². The summed E-state index contributed by atoms with van der Waals surface area (Å²) in [5, 5.41) is 9.62. The van der Waals surface area contributed by atoms with Gasteiger partial charge < -0.3 is 10.3 Å². The van der Waals surface area contributed by atoms with Crippen molar-refractivity contribution in [3.05, 3.63) is 0 Å². The molecule has 0 aliphatic heterocycles. The zero-order chi connectivity index (χ0) is 8.91. The molecule has 1 atom stereocenters. The first-order chi connectivity index (χ1) is 5.16. The van der Waals surface area contributed by atoms with Crippen LogP contribution in [0.5, 0.6) is 0 Å². The van der Waals surface area contributed by atoms with Gasteiger partial charge >= 0.3 is 0 Å². The van der Waals surface area contributed by atoms with Crippen molar-refractivity contribution in [1.82, 2.24) is 20.9 Å². The van der Waals surface area contributed by atoms with Crippen LogP contribution >= 0.6 is 0 Å². The van der Waals surface area contributed by atoms with Crippen LogP contribution in [0.15, 0.2) is 0 Å². The molecule has 4 nitrogen and oxygen atoms in total. The lowest BCUT2D eigenvalue weighted by Gasteiger charge is -2.38. The minimum absolute atomic E-state index is 0.166. The van der Waals surface area contributed by atoms with Crippen LogP contribution in [0.2, 0.25) is 0 Å². The summed E-state index contributed by atoms with van der Waals surface area (Å²) >= 11 is 0. The van der Waals surface area contributed by atoms with Crippen LogP contribution in [0, 0.1) is 0 Å². The normalized spacial score (nSPS) is 15.3. The second-order valence-electron chi connectivity index (χ2n) is 2.57. The molecule has 0 fully saturated rings. The van der Waals surface area contributed by atoms with E-state index in [4.69, 9.17) is 0 Å². The monoisotopic (exact) mass is 176 g/mol. The molecule has 11 heavy (non-hydrogen) atoms. The van der Waals surface area contributed by atoms with E-state index in [9.17, 15) is 0 Å². The van der Waals surface area contributed by atoms with E-state index in [-0.39, 0.29) is 5.79 Å². The number of nitrogens with one attached hydrogen (secondary N) is 4. The average Bonchev–Trinajstić information content (AvgIpc) is 2.08. The summed E-state index contributed by atoms with van der Waals surface area (Å²) in [7, 11) is 6.78. The molecule has 5 heteroatoms. The van der Waals surface area contributed by atoms with E-state index in [0.29, 0.717) is 6.04 Å². The van der Waals surface area contributed by atoms with Crippen molar-refractivity contribution >= 4 is 10.4 Å². The van der Waals surface area contributed by atoms with E-state index in [0.717, 1.165) is 10.4 Å². The summed E-state index contributed by atoms with van der Waals surface area (Å²) in [6.07, 6.45) is 0. The van der Waals surface area contributed by atoms with E-state index >= 15 is 0 Å². The van der Waals surface area contributed by atoms with Gasteiger partial charge in [-0.2, -0.15) is 0 Å². The molecule has 0 saturated heterocycles. The summed E-state index contributed by atoms with van der Waals surface area (Å²) in [5.41, 5.74) is 0. The third-order valence-electron chi connectivity index (χ3n) is 2.27. The molecule has 1 unspecified atom stereocenters. The highest BCUT2D eigenvalue weighted by atomic mass is 28.2. The number of rotatable bonds is 5. The topological polar surface area (TPSA) is 48.1 Å². The Bertz CT molecular complexity index is 96.5. The van der Waals surface area contributed by atoms with Gasteiger partial charge in [0.15, 0.2) is 0 Å². The first-order valence-corrected chi connectivity index (χ1v) is 4.90. The van der Waals surface area contributed by atoms with Crippen LogP contribution in [0.25, 0.3) is 0 Å². The Morgan fingerprint density at radius 1 is 1.18 bits per heavy atom. The molecular formula is C6H20N4Si. The molecule has 0 bridgehead atoms. The van der Waals surface area contributed by atoms with Gasteiger partial charge in [0.05, 0.1) is 10.4 Å². The Kier molecular flexibility index (Phi) is 4.86. The summed E-state index contributed by atoms with van der Waals surface area (Å²) in [5.74, 6) is -0.166. The number of likely N-dealkylation sites (N-methyl/N-ethyl adjacent to an activating group) is 3. The molecule has 0 heterocycles. The Labute approximate surface area is 72.0 Å². The van der Waals surface area contributed by atoms with Crippen molar-refractivity contribution in [2.75, 3.05) is 21.1 Å². The molecule has 0 aromatic heterocycles. The maximum absolute atomic E-state index is 3.32. The van der Waals surface area contributed by atoms with Crippen molar-refractivity contribution in [3.63, 3.8) is 0 Å². The second-order valence-corrected chi connectivity index (χ2v) is 3.07. The fraction of sp³-hybridized carbons (Fsp3) is 1.00. The third kappa shape index (κ3) is 2.24. The zero-order valence-electron chi connectivity index (χ0n) is 8.08. The van der Waals surface area contributed by atoms with Crippen LogP contribution in [-0.4, -0.2) is 43.4 Å². The smallest absolute Gasteiger partial charge is 0.132 e. The highest BCUT2D eigenvalue weighted by molar-refractivity contribution is 6.04. The van der Waals surface area contributed by atoms with Gasteiger partial charge in [0.1, 0.15) is 5.79 Å². The minimum Gasteiger partial charge on any atom is -0.316 e. The fourth-order valence-electron chi connectivity index (χ4n) is 1.24. The Morgan fingerprint density at radius 3 is 1.73 bits per heavy atom. The van der Waals surface area contributed by atoms with Gasteiger partial charge in [0.2, 0.25) is 0 Å². The van der Waals surface area contributed by atoms with Crippen molar-refractivity contribution in [2.45, 2.75) is 18.8 Å². The Hall–Kier alpha value is 0.0569. The average molecular weight is 176 g/mol. The lowest BCUT2D eigenvalue weighted by Crippen LogP contribution is -2.72. The summed E-state index contributed by atoms with van der Waals surface area (Å²) < 4.78 is 0. The van der Waals surface area contributed by atoms with E-state index in [1.807, 2.05) is 21.1 Å². The number of hydrogen-bond acceptors (Lipinski definition) is 4. The molecule has 0 aromatic carbocycles. The van der Waals surface area contributed by atoms with Crippen molar-refractivity contribution < 1.29 is 0 Å². The maximum Gasteiger partial charge on any atom is 0.132 e. The first kappa shape index (κ1) is 11.1. The predicted molar refractivity (Wildman–Crippen MR) is 52.4 cm³/mol. The van der Waals surface area contributed by atoms with Crippen LogP contribution in [0.3, 0.4) is 0 Å². The molecular weight excluding hydrogens is 156 g/mol. The largest absolute Gasteiger partial charge is 0.316 e. The molecule has 0 spiro atoms. The molecule has 0 aliphatic rings. The van der Waals surface area contributed by atoms with Gasteiger partial charge in [-0.3, -0.25) is 10.6 Å². The standard InChI is InChI=1S/C6H20N4Si/c1-5(7-2)6(8-3,9-4)10-11/h5,7-10H,1-4,11H3. The van der Waals surface area contributed by atoms with Crippen molar-refractivity contribution in [1.29, 1.82) is 0 Å². The fourth-order valence-corrected chi connectivity index (χ4v) is 2.17. The Morgan fingerprint density at radius 2 is 1.64 bits per heavy atom.